The predicted octanol–water partition coefficient (Wildman–Crippen LogP) is 0.00500. The van der Waals surface area contributed by atoms with Gasteiger partial charge < -0.3 is 15.0 Å². The van der Waals surface area contributed by atoms with E-state index in [4.69, 9.17) is 0 Å². The van der Waals surface area contributed by atoms with Crippen molar-refractivity contribution in [3.05, 3.63) is 0 Å². The molecule has 1 N–H and O–H groups in total. The molecule has 0 aromatic heterocycles. The SMILES string of the molecule is COC(=O)N1CCC(NC(=O)C2CCN(S(C)(=O)=O)CC2)CC1. The maximum atomic E-state index is 12.3. The van der Waals surface area contributed by atoms with Gasteiger partial charge in [0.15, 0.2) is 0 Å². The quantitative estimate of drug-likeness (QED) is 0.775. The summed E-state index contributed by atoms with van der Waals surface area (Å²) < 4.78 is 29.1. The highest BCUT2D eigenvalue weighted by atomic mass is 32.2. The fourth-order valence-corrected chi connectivity index (χ4v) is 3.98. The number of amides is 2. The van der Waals surface area contributed by atoms with E-state index in [9.17, 15) is 18.0 Å². The topological polar surface area (TPSA) is 96.0 Å². The molecule has 0 spiro atoms. The Labute approximate surface area is 137 Å². The van der Waals surface area contributed by atoms with Crippen LogP contribution in [0.4, 0.5) is 4.79 Å². The lowest BCUT2D eigenvalue weighted by Crippen LogP contribution is -2.49. The lowest BCUT2D eigenvalue weighted by Gasteiger charge is -2.34. The maximum absolute atomic E-state index is 12.3. The van der Waals surface area contributed by atoms with Crippen LogP contribution < -0.4 is 5.32 Å². The molecule has 0 saturated carbocycles. The molecular formula is C14H25N3O5S. The summed E-state index contributed by atoms with van der Waals surface area (Å²) in [7, 11) is -1.81. The van der Waals surface area contributed by atoms with Crippen molar-refractivity contribution in [1.29, 1.82) is 0 Å². The number of carbonyl (C=O) groups is 2. The summed E-state index contributed by atoms with van der Waals surface area (Å²) in [5, 5.41) is 3.03. The van der Waals surface area contributed by atoms with Crippen molar-refractivity contribution in [3.8, 4) is 0 Å². The number of hydrogen-bond acceptors (Lipinski definition) is 5. The number of likely N-dealkylation sites (tertiary alicyclic amines) is 1. The van der Waals surface area contributed by atoms with Gasteiger partial charge in [-0.2, -0.15) is 0 Å². The molecule has 0 bridgehead atoms. The smallest absolute Gasteiger partial charge is 0.409 e. The fourth-order valence-electron chi connectivity index (χ4n) is 3.10. The van der Waals surface area contributed by atoms with Crippen molar-refractivity contribution in [2.75, 3.05) is 39.5 Å². The molecule has 2 heterocycles. The van der Waals surface area contributed by atoms with E-state index in [2.05, 4.69) is 10.1 Å². The molecule has 0 aromatic carbocycles. The minimum atomic E-state index is -3.17. The van der Waals surface area contributed by atoms with Gasteiger partial charge in [0.1, 0.15) is 0 Å². The van der Waals surface area contributed by atoms with Crippen LogP contribution in [0.3, 0.4) is 0 Å². The standard InChI is InChI=1S/C14H25N3O5S/c1-22-14(19)16-7-5-12(6-8-16)15-13(18)11-3-9-17(10-4-11)23(2,20)21/h11-12H,3-10H2,1-2H3,(H,15,18). The largest absolute Gasteiger partial charge is 0.453 e. The van der Waals surface area contributed by atoms with Crippen LogP contribution in [0.25, 0.3) is 0 Å². The minimum Gasteiger partial charge on any atom is -0.453 e. The van der Waals surface area contributed by atoms with Crippen LogP contribution in [-0.4, -0.2) is 75.2 Å². The Bertz CT molecular complexity index is 535. The van der Waals surface area contributed by atoms with Crippen molar-refractivity contribution in [3.63, 3.8) is 0 Å². The first-order chi connectivity index (χ1) is 10.8. The Morgan fingerprint density at radius 1 is 1.04 bits per heavy atom. The number of nitrogens with one attached hydrogen (secondary N) is 1. The van der Waals surface area contributed by atoms with Gasteiger partial charge in [-0.3, -0.25) is 4.79 Å². The summed E-state index contributed by atoms with van der Waals surface area (Å²) in [6, 6.07) is 0.0661. The number of methoxy groups -OCH3 is 1. The van der Waals surface area contributed by atoms with Crippen LogP contribution in [0.5, 0.6) is 0 Å². The second-order valence-electron chi connectivity index (χ2n) is 6.18. The van der Waals surface area contributed by atoms with Gasteiger partial charge in [0, 0.05) is 38.1 Å². The Hall–Kier alpha value is -1.35. The van der Waals surface area contributed by atoms with E-state index in [0.717, 1.165) is 0 Å². The molecule has 8 nitrogen and oxygen atoms in total. The van der Waals surface area contributed by atoms with Gasteiger partial charge in [-0.1, -0.05) is 0 Å². The van der Waals surface area contributed by atoms with Gasteiger partial charge >= 0.3 is 6.09 Å². The number of ether oxygens (including phenoxy) is 1. The van der Waals surface area contributed by atoms with Gasteiger partial charge in [0.05, 0.1) is 13.4 Å². The molecule has 9 heteroatoms. The first-order valence-corrected chi connectivity index (χ1v) is 9.74. The fraction of sp³-hybridized carbons (Fsp3) is 0.857. The number of sulfonamides is 1. The van der Waals surface area contributed by atoms with Crippen molar-refractivity contribution in [1.82, 2.24) is 14.5 Å². The second kappa shape index (κ2) is 7.48. The third-order valence-corrected chi connectivity index (χ3v) is 5.87. The molecule has 2 rings (SSSR count). The van der Waals surface area contributed by atoms with Crippen molar-refractivity contribution in [2.24, 2.45) is 5.92 Å². The number of hydrogen-bond donors (Lipinski definition) is 1. The Kier molecular flexibility index (Phi) is 5.85. The maximum Gasteiger partial charge on any atom is 0.409 e. The van der Waals surface area contributed by atoms with Crippen molar-refractivity contribution < 1.29 is 22.7 Å². The monoisotopic (exact) mass is 347 g/mol. The molecule has 2 saturated heterocycles. The molecule has 132 valence electrons. The summed E-state index contributed by atoms with van der Waals surface area (Å²) in [5.41, 5.74) is 0. The van der Waals surface area contributed by atoms with E-state index in [1.165, 1.54) is 17.7 Å². The molecule has 0 unspecified atom stereocenters. The molecule has 0 atom stereocenters. The molecule has 0 aliphatic carbocycles. The second-order valence-corrected chi connectivity index (χ2v) is 8.16. The van der Waals surface area contributed by atoms with E-state index < -0.39 is 10.0 Å². The minimum absolute atomic E-state index is 0.00494. The van der Waals surface area contributed by atoms with Gasteiger partial charge in [-0.25, -0.2) is 17.5 Å². The zero-order valence-electron chi connectivity index (χ0n) is 13.7. The first kappa shape index (κ1) is 18.0. The lowest BCUT2D eigenvalue weighted by molar-refractivity contribution is -0.127. The summed E-state index contributed by atoms with van der Waals surface area (Å²) >= 11 is 0. The van der Waals surface area contributed by atoms with Crippen LogP contribution in [-0.2, 0) is 19.6 Å². The van der Waals surface area contributed by atoms with Gasteiger partial charge in [0.2, 0.25) is 15.9 Å². The van der Waals surface area contributed by atoms with E-state index in [0.29, 0.717) is 51.9 Å². The highest BCUT2D eigenvalue weighted by Crippen LogP contribution is 2.20. The molecular weight excluding hydrogens is 322 g/mol. The summed E-state index contributed by atoms with van der Waals surface area (Å²) in [4.78, 5) is 25.4. The number of nitrogens with zero attached hydrogens (tertiary/aromatic N) is 2. The van der Waals surface area contributed by atoms with Crippen LogP contribution in [0.15, 0.2) is 0 Å². The molecule has 2 aliphatic heterocycles. The average molecular weight is 347 g/mol. The molecule has 2 amide bonds. The zero-order valence-corrected chi connectivity index (χ0v) is 14.5. The van der Waals surface area contributed by atoms with Crippen molar-refractivity contribution in [2.45, 2.75) is 31.7 Å². The molecule has 2 fully saturated rings. The number of rotatable bonds is 3. The molecule has 0 aromatic rings. The molecule has 0 radical (unpaired) electrons. The molecule has 23 heavy (non-hydrogen) atoms. The van der Waals surface area contributed by atoms with Crippen molar-refractivity contribution >= 4 is 22.0 Å². The van der Waals surface area contributed by atoms with Gasteiger partial charge in [0.25, 0.3) is 0 Å². The predicted molar refractivity (Wildman–Crippen MR) is 84.3 cm³/mol. The Balaban J connectivity index is 1.75. The highest BCUT2D eigenvalue weighted by Gasteiger charge is 2.31. The third kappa shape index (κ3) is 4.81. The van der Waals surface area contributed by atoms with E-state index >= 15 is 0 Å². The number of piperidine rings is 2. The van der Waals surface area contributed by atoms with Gasteiger partial charge in [-0.15, -0.1) is 0 Å². The normalized spacial score (nSPS) is 21.9. The lowest BCUT2D eigenvalue weighted by atomic mass is 9.96. The Morgan fingerprint density at radius 3 is 2.09 bits per heavy atom. The van der Waals surface area contributed by atoms with E-state index in [-0.39, 0.29) is 24.0 Å². The van der Waals surface area contributed by atoms with E-state index in [1.54, 1.807) is 4.90 Å². The Morgan fingerprint density at radius 2 is 1.61 bits per heavy atom. The highest BCUT2D eigenvalue weighted by molar-refractivity contribution is 7.88. The van der Waals surface area contributed by atoms with Crippen LogP contribution >= 0.6 is 0 Å². The average Bonchev–Trinajstić information content (AvgIpc) is 2.54. The van der Waals surface area contributed by atoms with E-state index in [1.807, 2.05) is 0 Å². The summed E-state index contributed by atoms with van der Waals surface area (Å²) in [5.74, 6) is -0.138. The first-order valence-electron chi connectivity index (χ1n) is 7.89. The van der Waals surface area contributed by atoms with Crippen LogP contribution in [0.2, 0.25) is 0 Å². The summed E-state index contributed by atoms with van der Waals surface area (Å²) in [6.07, 6.45) is 3.40. The third-order valence-electron chi connectivity index (χ3n) is 4.57. The number of carbonyl (C=O) groups excluding carboxylic acids is 2. The molecule has 2 aliphatic rings. The van der Waals surface area contributed by atoms with Crippen LogP contribution in [0.1, 0.15) is 25.7 Å². The zero-order chi connectivity index (χ0) is 17.0. The van der Waals surface area contributed by atoms with Crippen LogP contribution in [0, 0.1) is 5.92 Å². The summed E-state index contributed by atoms with van der Waals surface area (Å²) in [6.45, 7) is 1.95. The van der Waals surface area contributed by atoms with Gasteiger partial charge in [-0.05, 0) is 25.7 Å².